The molecule has 0 amide bonds. The SMILES string of the molecule is Cc1cc(CC(O)C2COc3ccccc3C2)n(C)n1. The van der Waals surface area contributed by atoms with Crippen molar-refractivity contribution < 1.29 is 9.84 Å². The molecule has 0 saturated heterocycles. The quantitative estimate of drug-likeness (QED) is 0.928. The Hall–Kier alpha value is -1.81. The van der Waals surface area contributed by atoms with Gasteiger partial charge in [-0.15, -0.1) is 0 Å². The summed E-state index contributed by atoms with van der Waals surface area (Å²) in [7, 11) is 1.92. The third-order valence-corrected chi connectivity index (χ3v) is 3.97. The maximum absolute atomic E-state index is 10.5. The molecule has 1 aromatic heterocycles. The van der Waals surface area contributed by atoms with Crippen molar-refractivity contribution in [2.75, 3.05) is 6.61 Å². The second kappa shape index (κ2) is 5.29. The van der Waals surface area contributed by atoms with Gasteiger partial charge in [-0.1, -0.05) is 18.2 Å². The average Bonchev–Trinajstić information content (AvgIpc) is 2.76. The second-order valence-electron chi connectivity index (χ2n) is 5.56. The van der Waals surface area contributed by atoms with Crippen LogP contribution in [0.3, 0.4) is 0 Å². The minimum Gasteiger partial charge on any atom is -0.493 e. The molecular weight excluding hydrogens is 252 g/mol. The van der Waals surface area contributed by atoms with Crippen molar-refractivity contribution in [1.29, 1.82) is 0 Å². The third kappa shape index (κ3) is 2.56. The van der Waals surface area contributed by atoms with E-state index < -0.39 is 6.10 Å². The normalized spacial score (nSPS) is 19.2. The van der Waals surface area contributed by atoms with Gasteiger partial charge in [0, 0.05) is 25.1 Å². The number of hydrogen-bond donors (Lipinski definition) is 1. The van der Waals surface area contributed by atoms with Crippen LogP contribution in [-0.2, 0) is 19.9 Å². The number of aromatic nitrogens is 2. The molecule has 20 heavy (non-hydrogen) atoms. The summed E-state index contributed by atoms with van der Waals surface area (Å²) < 4.78 is 7.59. The van der Waals surface area contributed by atoms with Crippen molar-refractivity contribution in [1.82, 2.24) is 9.78 Å². The van der Waals surface area contributed by atoms with Gasteiger partial charge in [0.15, 0.2) is 0 Å². The molecule has 0 spiro atoms. The molecule has 1 N–H and O–H groups in total. The molecule has 0 bridgehead atoms. The maximum atomic E-state index is 10.5. The number of aliphatic hydroxyl groups excluding tert-OH is 1. The standard InChI is InChI=1S/C16H20N2O2/c1-11-7-14(18(2)17-11)9-15(19)13-8-12-5-3-4-6-16(12)20-10-13/h3-7,13,15,19H,8-10H2,1-2H3. The molecule has 4 heteroatoms. The molecule has 0 saturated carbocycles. The van der Waals surface area contributed by atoms with E-state index >= 15 is 0 Å². The van der Waals surface area contributed by atoms with E-state index in [1.165, 1.54) is 5.56 Å². The van der Waals surface area contributed by atoms with Crippen molar-refractivity contribution in [3.8, 4) is 5.75 Å². The minimum absolute atomic E-state index is 0.139. The van der Waals surface area contributed by atoms with Crippen LogP contribution in [0, 0.1) is 12.8 Å². The van der Waals surface area contributed by atoms with Crippen LogP contribution in [0.4, 0.5) is 0 Å². The second-order valence-corrected chi connectivity index (χ2v) is 5.56. The van der Waals surface area contributed by atoms with E-state index in [9.17, 15) is 5.11 Å². The fraction of sp³-hybridized carbons (Fsp3) is 0.438. The number of hydrogen-bond acceptors (Lipinski definition) is 3. The van der Waals surface area contributed by atoms with Gasteiger partial charge in [0.1, 0.15) is 5.75 Å². The molecule has 2 unspecified atom stereocenters. The minimum atomic E-state index is -0.404. The zero-order valence-corrected chi connectivity index (χ0v) is 11.9. The van der Waals surface area contributed by atoms with Gasteiger partial charge in [-0.2, -0.15) is 5.10 Å². The fourth-order valence-electron chi connectivity index (χ4n) is 2.83. The Labute approximate surface area is 119 Å². The number of aryl methyl sites for hydroxylation is 2. The van der Waals surface area contributed by atoms with Crippen molar-refractivity contribution in [3.63, 3.8) is 0 Å². The first-order valence-corrected chi connectivity index (χ1v) is 7.02. The van der Waals surface area contributed by atoms with Crippen LogP contribution in [-0.4, -0.2) is 27.6 Å². The van der Waals surface area contributed by atoms with Crippen molar-refractivity contribution in [3.05, 3.63) is 47.3 Å². The Balaban J connectivity index is 1.70. The highest BCUT2D eigenvalue weighted by Gasteiger charge is 2.26. The number of para-hydroxylation sites is 1. The average molecular weight is 272 g/mol. The largest absolute Gasteiger partial charge is 0.493 e. The molecule has 2 heterocycles. The van der Waals surface area contributed by atoms with E-state index in [0.29, 0.717) is 13.0 Å². The number of benzene rings is 1. The highest BCUT2D eigenvalue weighted by atomic mass is 16.5. The Bertz CT molecular complexity index is 606. The number of rotatable bonds is 3. The molecule has 0 fully saturated rings. The molecule has 2 aromatic rings. The summed E-state index contributed by atoms with van der Waals surface area (Å²) in [5.74, 6) is 1.09. The van der Waals surface area contributed by atoms with Crippen molar-refractivity contribution in [2.24, 2.45) is 13.0 Å². The predicted molar refractivity (Wildman–Crippen MR) is 76.8 cm³/mol. The molecule has 3 rings (SSSR count). The van der Waals surface area contributed by atoms with Crippen LogP contribution in [0.1, 0.15) is 17.0 Å². The van der Waals surface area contributed by atoms with Crippen LogP contribution in [0.2, 0.25) is 0 Å². The lowest BCUT2D eigenvalue weighted by Crippen LogP contribution is -2.33. The number of fused-ring (bicyclic) bond motifs is 1. The topological polar surface area (TPSA) is 47.3 Å². The van der Waals surface area contributed by atoms with E-state index in [2.05, 4.69) is 11.2 Å². The lowest BCUT2D eigenvalue weighted by atomic mass is 9.90. The van der Waals surface area contributed by atoms with Gasteiger partial charge >= 0.3 is 0 Å². The summed E-state index contributed by atoms with van der Waals surface area (Å²) in [6, 6.07) is 10.1. The van der Waals surface area contributed by atoms with Gasteiger partial charge in [-0.05, 0) is 31.0 Å². The molecule has 1 aromatic carbocycles. The first-order chi connectivity index (χ1) is 9.63. The molecule has 0 aliphatic carbocycles. The van der Waals surface area contributed by atoms with E-state index in [1.807, 2.05) is 42.9 Å². The zero-order valence-electron chi connectivity index (χ0n) is 11.9. The van der Waals surface area contributed by atoms with Crippen LogP contribution in [0.25, 0.3) is 0 Å². The number of ether oxygens (including phenoxy) is 1. The smallest absolute Gasteiger partial charge is 0.122 e. The molecule has 1 aliphatic rings. The number of aliphatic hydroxyl groups is 1. The Morgan fingerprint density at radius 3 is 3.00 bits per heavy atom. The molecule has 4 nitrogen and oxygen atoms in total. The molecule has 1 aliphatic heterocycles. The first kappa shape index (κ1) is 13.2. The fourth-order valence-corrected chi connectivity index (χ4v) is 2.83. The monoisotopic (exact) mass is 272 g/mol. The summed E-state index contributed by atoms with van der Waals surface area (Å²) >= 11 is 0. The molecule has 2 atom stereocenters. The van der Waals surface area contributed by atoms with Crippen molar-refractivity contribution in [2.45, 2.75) is 25.9 Å². The third-order valence-electron chi connectivity index (χ3n) is 3.97. The van der Waals surface area contributed by atoms with E-state index in [0.717, 1.165) is 23.6 Å². The summed E-state index contributed by atoms with van der Waals surface area (Å²) in [6.07, 6.45) is 1.08. The van der Waals surface area contributed by atoms with E-state index in [1.54, 1.807) is 0 Å². The predicted octanol–water partition coefficient (Wildman–Crippen LogP) is 1.88. The lowest BCUT2D eigenvalue weighted by Gasteiger charge is -2.28. The molecule has 106 valence electrons. The van der Waals surface area contributed by atoms with E-state index in [-0.39, 0.29) is 5.92 Å². The summed E-state index contributed by atoms with van der Waals surface area (Å²) in [5.41, 5.74) is 3.23. The lowest BCUT2D eigenvalue weighted by molar-refractivity contribution is 0.0639. The van der Waals surface area contributed by atoms with Gasteiger partial charge in [0.2, 0.25) is 0 Å². The molecule has 0 radical (unpaired) electrons. The Morgan fingerprint density at radius 1 is 1.45 bits per heavy atom. The Kier molecular flexibility index (Phi) is 3.49. The first-order valence-electron chi connectivity index (χ1n) is 7.02. The van der Waals surface area contributed by atoms with Gasteiger partial charge < -0.3 is 9.84 Å². The number of nitrogens with zero attached hydrogens (tertiary/aromatic N) is 2. The zero-order chi connectivity index (χ0) is 14.1. The highest BCUT2D eigenvalue weighted by Crippen LogP contribution is 2.29. The summed E-state index contributed by atoms with van der Waals surface area (Å²) in [6.45, 7) is 2.55. The van der Waals surface area contributed by atoms with Gasteiger partial charge in [-0.3, -0.25) is 4.68 Å². The van der Waals surface area contributed by atoms with Crippen LogP contribution >= 0.6 is 0 Å². The van der Waals surface area contributed by atoms with E-state index in [4.69, 9.17) is 4.74 Å². The Morgan fingerprint density at radius 2 is 2.25 bits per heavy atom. The van der Waals surface area contributed by atoms with Crippen LogP contribution in [0.5, 0.6) is 5.75 Å². The van der Waals surface area contributed by atoms with Gasteiger partial charge in [-0.25, -0.2) is 0 Å². The van der Waals surface area contributed by atoms with Gasteiger partial charge in [0.05, 0.1) is 18.4 Å². The van der Waals surface area contributed by atoms with Crippen LogP contribution in [0.15, 0.2) is 30.3 Å². The van der Waals surface area contributed by atoms with Gasteiger partial charge in [0.25, 0.3) is 0 Å². The highest BCUT2D eigenvalue weighted by molar-refractivity contribution is 5.35. The van der Waals surface area contributed by atoms with Crippen molar-refractivity contribution >= 4 is 0 Å². The summed E-state index contributed by atoms with van der Waals surface area (Å²) in [4.78, 5) is 0. The summed E-state index contributed by atoms with van der Waals surface area (Å²) in [5, 5.41) is 14.8. The molecular formula is C16H20N2O2. The van der Waals surface area contributed by atoms with Crippen LogP contribution < -0.4 is 4.74 Å². The maximum Gasteiger partial charge on any atom is 0.122 e.